The fourth-order valence-corrected chi connectivity index (χ4v) is 1.92. The van der Waals surface area contributed by atoms with Gasteiger partial charge in [0, 0.05) is 0 Å². The van der Waals surface area contributed by atoms with Crippen molar-refractivity contribution in [3.8, 4) is 0 Å². The van der Waals surface area contributed by atoms with Gasteiger partial charge in [0.05, 0.1) is 12.6 Å². The molecule has 18 heavy (non-hydrogen) atoms. The maximum atomic E-state index is 9.39. The molecule has 1 aromatic heterocycles. The lowest BCUT2D eigenvalue weighted by atomic mass is 10.1. The molecule has 1 unspecified atom stereocenters. The molecule has 2 rings (SSSR count). The van der Waals surface area contributed by atoms with Crippen molar-refractivity contribution in [2.24, 2.45) is 0 Å². The number of hydrogen-bond acceptors (Lipinski definition) is 3. The highest BCUT2D eigenvalue weighted by atomic mass is 35.5. The fourth-order valence-electron chi connectivity index (χ4n) is 1.76. The average molecular weight is 263 g/mol. The van der Waals surface area contributed by atoms with Gasteiger partial charge in [0.15, 0.2) is 0 Å². The molecule has 0 radical (unpaired) electrons. The van der Waals surface area contributed by atoms with E-state index in [1.807, 2.05) is 42.5 Å². The summed E-state index contributed by atoms with van der Waals surface area (Å²) >= 11 is 5.82. The fraction of sp³-hybridized carbons (Fsp3) is 0.214. The number of halogens is 1. The molecule has 1 atom stereocenters. The lowest BCUT2D eigenvalue weighted by Gasteiger charge is -2.17. The van der Waals surface area contributed by atoms with Crippen LogP contribution < -0.4 is 5.32 Å². The Morgan fingerprint density at radius 2 is 1.89 bits per heavy atom. The van der Waals surface area contributed by atoms with Crippen molar-refractivity contribution in [1.82, 2.24) is 4.98 Å². The highest BCUT2D eigenvalue weighted by Crippen LogP contribution is 2.12. The van der Waals surface area contributed by atoms with Crippen LogP contribution in [0, 0.1) is 0 Å². The minimum Gasteiger partial charge on any atom is -0.394 e. The first kappa shape index (κ1) is 12.9. The minimum absolute atomic E-state index is 0.0447. The Morgan fingerprint density at radius 3 is 2.56 bits per heavy atom. The second kappa shape index (κ2) is 6.38. The third-order valence-electron chi connectivity index (χ3n) is 2.61. The molecule has 0 aliphatic heterocycles. The Bertz CT molecular complexity index is 490. The lowest BCUT2D eigenvalue weighted by Crippen LogP contribution is -2.26. The first-order chi connectivity index (χ1) is 8.78. The molecule has 0 aliphatic carbocycles. The van der Waals surface area contributed by atoms with Gasteiger partial charge in [0.2, 0.25) is 0 Å². The summed E-state index contributed by atoms with van der Waals surface area (Å²) in [6.45, 7) is 0.0447. The van der Waals surface area contributed by atoms with Crippen LogP contribution in [0.25, 0.3) is 0 Å². The third-order valence-corrected chi connectivity index (χ3v) is 2.82. The van der Waals surface area contributed by atoms with E-state index >= 15 is 0 Å². The number of pyridine rings is 1. The molecule has 0 saturated carbocycles. The first-order valence-corrected chi connectivity index (χ1v) is 6.19. The maximum Gasteiger partial charge on any atom is 0.131 e. The maximum absolute atomic E-state index is 9.39. The van der Waals surface area contributed by atoms with Crippen LogP contribution in [-0.4, -0.2) is 22.7 Å². The van der Waals surface area contributed by atoms with Crippen molar-refractivity contribution in [3.05, 3.63) is 59.2 Å². The van der Waals surface area contributed by atoms with Crippen LogP contribution in [0.2, 0.25) is 5.15 Å². The molecule has 0 bridgehead atoms. The molecule has 3 nitrogen and oxygen atoms in total. The predicted molar refractivity (Wildman–Crippen MR) is 73.9 cm³/mol. The van der Waals surface area contributed by atoms with Gasteiger partial charge in [0.1, 0.15) is 11.0 Å². The summed E-state index contributed by atoms with van der Waals surface area (Å²) in [5.41, 5.74) is 1.17. The topological polar surface area (TPSA) is 45.1 Å². The molecule has 0 spiro atoms. The number of hydrogen-bond donors (Lipinski definition) is 2. The Balaban J connectivity index is 2.01. The predicted octanol–water partition coefficient (Wildman–Crippen LogP) is 2.75. The van der Waals surface area contributed by atoms with Crippen molar-refractivity contribution < 1.29 is 5.11 Å². The summed E-state index contributed by atoms with van der Waals surface area (Å²) in [5.74, 6) is 0.678. The SMILES string of the molecule is OCC(Cc1ccccc1)Nc1cccc(Cl)n1. The highest BCUT2D eigenvalue weighted by Gasteiger charge is 2.09. The molecule has 2 N–H and O–H groups in total. The lowest BCUT2D eigenvalue weighted by molar-refractivity contribution is 0.273. The van der Waals surface area contributed by atoms with Gasteiger partial charge in [-0.05, 0) is 24.1 Å². The van der Waals surface area contributed by atoms with Gasteiger partial charge in [-0.25, -0.2) is 4.98 Å². The number of nitrogens with one attached hydrogen (secondary N) is 1. The van der Waals surface area contributed by atoms with Crippen LogP contribution in [-0.2, 0) is 6.42 Å². The summed E-state index contributed by atoms with van der Waals surface area (Å²) in [6, 6.07) is 15.3. The van der Waals surface area contributed by atoms with Gasteiger partial charge in [-0.1, -0.05) is 48.0 Å². The van der Waals surface area contributed by atoms with E-state index in [9.17, 15) is 5.11 Å². The Labute approximate surface area is 111 Å². The van der Waals surface area contributed by atoms with Gasteiger partial charge in [-0.3, -0.25) is 0 Å². The van der Waals surface area contributed by atoms with Crippen molar-refractivity contribution in [3.63, 3.8) is 0 Å². The summed E-state index contributed by atoms with van der Waals surface area (Å²) < 4.78 is 0. The summed E-state index contributed by atoms with van der Waals surface area (Å²) in [4.78, 5) is 4.15. The zero-order valence-electron chi connectivity index (χ0n) is 9.88. The van der Waals surface area contributed by atoms with Gasteiger partial charge in [-0.2, -0.15) is 0 Å². The van der Waals surface area contributed by atoms with Gasteiger partial charge >= 0.3 is 0 Å². The van der Waals surface area contributed by atoms with E-state index in [1.54, 1.807) is 6.07 Å². The second-order valence-electron chi connectivity index (χ2n) is 4.06. The summed E-state index contributed by atoms with van der Waals surface area (Å²) in [6.07, 6.45) is 0.742. The van der Waals surface area contributed by atoms with Crippen molar-refractivity contribution in [2.75, 3.05) is 11.9 Å². The number of aromatic nitrogens is 1. The Kier molecular flexibility index (Phi) is 4.56. The average Bonchev–Trinajstić information content (AvgIpc) is 2.39. The van der Waals surface area contributed by atoms with Crippen LogP contribution in [0.4, 0.5) is 5.82 Å². The smallest absolute Gasteiger partial charge is 0.131 e. The molecular weight excluding hydrogens is 248 g/mol. The van der Waals surface area contributed by atoms with E-state index in [1.165, 1.54) is 5.56 Å². The van der Waals surface area contributed by atoms with E-state index < -0.39 is 0 Å². The molecule has 0 fully saturated rings. The van der Waals surface area contributed by atoms with E-state index in [0.717, 1.165) is 6.42 Å². The number of anilines is 1. The number of benzene rings is 1. The zero-order chi connectivity index (χ0) is 12.8. The van der Waals surface area contributed by atoms with E-state index in [4.69, 9.17) is 11.6 Å². The first-order valence-electron chi connectivity index (χ1n) is 5.82. The number of rotatable bonds is 5. The highest BCUT2D eigenvalue weighted by molar-refractivity contribution is 6.29. The number of nitrogens with zero attached hydrogens (tertiary/aromatic N) is 1. The molecule has 0 saturated heterocycles. The quantitative estimate of drug-likeness (QED) is 0.815. The van der Waals surface area contributed by atoms with Gasteiger partial charge in [0.25, 0.3) is 0 Å². The van der Waals surface area contributed by atoms with Crippen molar-refractivity contribution in [2.45, 2.75) is 12.5 Å². The number of aliphatic hydroxyl groups is 1. The zero-order valence-corrected chi connectivity index (χ0v) is 10.6. The molecule has 1 aromatic carbocycles. The van der Waals surface area contributed by atoms with Crippen LogP contribution in [0.15, 0.2) is 48.5 Å². The second-order valence-corrected chi connectivity index (χ2v) is 4.45. The molecule has 94 valence electrons. The molecule has 1 heterocycles. The summed E-state index contributed by atoms with van der Waals surface area (Å²) in [7, 11) is 0. The molecular formula is C14H15ClN2O. The van der Waals surface area contributed by atoms with E-state index in [-0.39, 0.29) is 12.6 Å². The van der Waals surface area contributed by atoms with Gasteiger partial charge < -0.3 is 10.4 Å². The minimum atomic E-state index is -0.0710. The monoisotopic (exact) mass is 262 g/mol. The van der Waals surface area contributed by atoms with E-state index in [2.05, 4.69) is 10.3 Å². The van der Waals surface area contributed by atoms with E-state index in [0.29, 0.717) is 11.0 Å². The number of aliphatic hydroxyl groups excluding tert-OH is 1. The summed E-state index contributed by atoms with van der Waals surface area (Å²) in [5, 5.41) is 13.0. The van der Waals surface area contributed by atoms with Gasteiger partial charge in [-0.15, -0.1) is 0 Å². The van der Waals surface area contributed by atoms with Crippen molar-refractivity contribution in [1.29, 1.82) is 0 Å². The molecule has 2 aromatic rings. The largest absolute Gasteiger partial charge is 0.394 e. The third kappa shape index (κ3) is 3.72. The molecule has 0 aliphatic rings. The Hall–Kier alpha value is -1.58. The van der Waals surface area contributed by atoms with Crippen LogP contribution in [0.5, 0.6) is 0 Å². The standard InChI is InChI=1S/C14H15ClN2O/c15-13-7-4-8-14(17-13)16-12(10-18)9-11-5-2-1-3-6-11/h1-8,12,18H,9-10H2,(H,16,17). The normalized spacial score (nSPS) is 12.1. The van der Waals surface area contributed by atoms with Crippen LogP contribution in [0.3, 0.4) is 0 Å². The Morgan fingerprint density at radius 1 is 1.11 bits per heavy atom. The van der Waals surface area contributed by atoms with Crippen LogP contribution in [0.1, 0.15) is 5.56 Å². The van der Waals surface area contributed by atoms with Crippen LogP contribution >= 0.6 is 11.6 Å². The molecule has 4 heteroatoms. The molecule has 0 amide bonds. The van der Waals surface area contributed by atoms with Crippen molar-refractivity contribution >= 4 is 17.4 Å².